The molecular formula is C13H25N3O10. The number of aliphatic hydroxyl groups excluding tert-OH is 7. The zero-order chi connectivity index (χ0) is 19.6. The fourth-order valence-corrected chi connectivity index (χ4v) is 2.69. The molecule has 2 heterocycles. The van der Waals surface area contributed by atoms with Gasteiger partial charge in [-0.2, -0.15) is 0 Å². The summed E-state index contributed by atoms with van der Waals surface area (Å²) >= 11 is 0. The minimum absolute atomic E-state index is 0.248. The van der Waals surface area contributed by atoms with Gasteiger partial charge in [0.15, 0.2) is 18.5 Å². The molecule has 13 nitrogen and oxygen atoms in total. The van der Waals surface area contributed by atoms with Gasteiger partial charge in [-0.05, 0) is 0 Å². The van der Waals surface area contributed by atoms with Crippen LogP contribution in [0.2, 0.25) is 0 Å². The SMILES string of the molecule is NC(N)=NCC1OC(OC2OC(CO)C(O)C(O)C2O)C(O)C(O)C1O. The average molecular weight is 383 g/mol. The largest absolute Gasteiger partial charge is 0.394 e. The summed E-state index contributed by atoms with van der Waals surface area (Å²) in [6.07, 6.45) is -15.5. The second-order valence-electron chi connectivity index (χ2n) is 6.11. The van der Waals surface area contributed by atoms with E-state index < -0.39 is 68.0 Å². The monoisotopic (exact) mass is 383 g/mol. The van der Waals surface area contributed by atoms with Gasteiger partial charge < -0.3 is 61.4 Å². The first-order chi connectivity index (χ1) is 12.2. The van der Waals surface area contributed by atoms with Gasteiger partial charge in [0.05, 0.1) is 13.2 Å². The summed E-state index contributed by atoms with van der Waals surface area (Å²) in [6.45, 7) is -0.921. The van der Waals surface area contributed by atoms with E-state index in [2.05, 4.69) is 4.99 Å². The van der Waals surface area contributed by atoms with Crippen LogP contribution in [0.1, 0.15) is 0 Å². The summed E-state index contributed by atoms with van der Waals surface area (Å²) in [4.78, 5) is 3.65. The molecule has 2 fully saturated rings. The summed E-state index contributed by atoms with van der Waals surface area (Å²) in [5.74, 6) is -0.284. The van der Waals surface area contributed by atoms with Crippen molar-refractivity contribution in [3.8, 4) is 0 Å². The van der Waals surface area contributed by atoms with Crippen molar-refractivity contribution in [1.29, 1.82) is 0 Å². The minimum Gasteiger partial charge on any atom is -0.394 e. The smallest absolute Gasteiger partial charge is 0.189 e. The fourth-order valence-electron chi connectivity index (χ4n) is 2.69. The molecule has 2 aliphatic heterocycles. The van der Waals surface area contributed by atoms with Gasteiger partial charge in [0.25, 0.3) is 0 Å². The zero-order valence-corrected chi connectivity index (χ0v) is 13.6. The predicted molar refractivity (Wildman–Crippen MR) is 82.2 cm³/mol. The zero-order valence-electron chi connectivity index (χ0n) is 13.6. The number of nitrogens with two attached hydrogens (primary N) is 2. The Morgan fingerprint density at radius 1 is 0.769 bits per heavy atom. The first-order valence-electron chi connectivity index (χ1n) is 7.88. The number of aliphatic imine (C=N–C) groups is 1. The van der Waals surface area contributed by atoms with Gasteiger partial charge in [0.2, 0.25) is 0 Å². The van der Waals surface area contributed by atoms with E-state index in [0.717, 1.165) is 0 Å². The van der Waals surface area contributed by atoms with Gasteiger partial charge in [-0.1, -0.05) is 0 Å². The highest BCUT2D eigenvalue weighted by atomic mass is 16.8. The van der Waals surface area contributed by atoms with Gasteiger partial charge in [-0.25, -0.2) is 0 Å². The van der Waals surface area contributed by atoms with E-state index in [4.69, 9.17) is 30.8 Å². The summed E-state index contributed by atoms with van der Waals surface area (Å²) in [6, 6.07) is 0. The number of hydrogen-bond donors (Lipinski definition) is 9. The van der Waals surface area contributed by atoms with Crippen LogP contribution in [0.25, 0.3) is 0 Å². The molecule has 10 atom stereocenters. The van der Waals surface area contributed by atoms with Gasteiger partial charge in [0, 0.05) is 0 Å². The number of hydrogen-bond acceptors (Lipinski definition) is 11. The van der Waals surface area contributed by atoms with Gasteiger partial charge in [-0.15, -0.1) is 0 Å². The third-order valence-electron chi connectivity index (χ3n) is 4.24. The van der Waals surface area contributed by atoms with E-state index in [1.54, 1.807) is 0 Å². The number of nitrogens with zero attached hydrogens (tertiary/aromatic N) is 1. The molecule has 11 N–H and O–H groups in total. The molecule has 2 rings (SSSR count). The number of aliphatic hydroxyl groups is 7. The highest BCUT2D eigenvalue weighted by Gasteiger charge is 2.49. The molecule has 0 amide bonds. The maximum absolute atomic E-state index is 10.0. The quantitative estimate of drug-likeness (QED) is 0.159. The summed E-state index contributed by atoms with van der Waals surface area (Å²) in [7, 11) is 0. The molecule has 0 aromatic carbocycles. The van der Waals surface area contributed by atoms with E-state index in [1.165, 1.54) is 0 Å². The molecule has 0 spiro atoms. The first-order valence-corrected chi connectivity index (χ1v) is 7.88. The molecule has 13 heteroatoms. The third kappa shape index (κ3) is 4.40. The highest BCUT2D eigenvalue weighted by molar-refractivity contribution is 5.75. The first kappa shape index (κ1) is 21.2. The Hall–Kier alpha value is -1.13. The van der Waals surface area contributed by atoms with Crippen LogP contribution in [0.4, 0.5) is 0 Å². The summed E-state index contributed by atoms with van der Waals surface area (Å²) < 4.78 is 15.7. The van der Waals surface area contributed by atoms with Crippen molar-refractivity contribution in [1.82, 2.24) is 0 Å². The van der Waals surface area contributed by atoms with Crippen molar-refractivity contribution in [2.45, 2.75) is 61.4 Å². The van der Waals surface area contributed by atoms with Crippen LogP contribution in [-0.4, -0.2) is 116 Å². The number of rotatable bonds is 5. The van der Waals surface area contributed by atoms with Crippen molar-refractivity contribution in [2.75, 3.05) is 13.2 Å². The molecule has 0 aliphatic carbocycles. The van der Waals surface area contributed by atoms with Crippen LogP contribution >= 0.6 is 0 Å². The Kier molecular flexibility index (Phi) is 7.09. The fraction of sp³-hybridized carbons (Fsp3) is 0.923. The molecular weight excluding hydrogens is 358 g/mol. The Balaban J connectivity index is 2.09. The van der Waals surface area contributed by atoms with Crippen molar-refractivity contribution in [3.05, 3.63) is 0 Å². The summed E-state index contributed by atoms with van der Waals surface area (Å²) in [5.41, 5.74) is 10.4. The molecule has 152 valence electrons. The molecule has 26 heavy (non-hydrogen) atoms. The van der Waals surface area contributed by atoms with E-state index >= 15 is 0 Å². The molecule has 2 saturated heterocycles. The molecule has 0 aromatic rings. The van der Waals surface area contributed by atoms with Crippen molar-refractivity contribution in [2.24, 2.45) is 16.5 Å². The van der Waals surface area contributed by atoms with Gasteiger partial charge in [-0.3, -0.25) is 4.99 Å². The van der Waals surface area contributed by atoms with Crippen LogP contribution in [0.5, 0.6) is 0 Å². The van der Waals surface area contributed by atoms with Crippen LogP contribution < -0.4 is 11.5 Å². The standard InChI is InChI=1S/C13H25N3O10/c14-13(15)16-1-3-5(18)7(20)9(22)11(24-3)26-12-10(23)8(21)6(19)4(2-17)25-12/h3-12,17-23H,1-2H2,(H4,14,15,16). The molecule has 10 unspecified atom stereocenters. The molecule has 0 aromatic heterocycles. The lowest BCUT2D eigenvalue weighted by Gasteiger charge is -2.44. The molecule has 0 radical (unpaired) electrons. The normalized spacial score (nSPS) is 46.7. The maximum Gasteiger partial charge on any atom is 0.189 e. The summed E-state index contributed by atoms with van der Waals surface area (Å²) in [5, 5.41) is 68.5. The highest BCUT2D eigenvalue weighted by Crippen LogP contribution is 2.28. The Morgan fingerprint density at radius 2 is 1.23 bits per heavy atom. The number of guanidine groups is 1. The van der Waals surface area contributed by atoms with Crippen molar-refractivity contribution >= 4 is 5.96 Å². The van der Waals surface area contributed by atoms with E-state index in [1.807, 2.05) is 0 Å². The van der Waals surface area contributed by atoms with E-state index in [-0.39, 0.29) is 12.5 Å². The lowest BCUT2D eigenvalue weighted by molar-refractivity contribution is -0.374. The maximum atomic E-state index is 10.0. The van der Waals surface area contributed by atoms with Crippen LogP contribution in [0.15, 0.2) is 4.99 Å². The topological polar surface area (TPSA) is 234 Å². The Labute approximate surface area is 148 Å². The number of ether oxygens (including phenoxy) is 3. The van der Waals surface area contributed by atoms with Crippen molar-refractivity contribution < 1.29 is 50.0 Å². The second-order valence-corrected chi connectivity index (χ2v) is 6.11. The van der Waals surface area contributed by atoms with Crippen molar-refractivity contribution in [3.63, 3.8) is 0 Å². The lowest BCUT2D eigenvalue weighted by atomic mass is 9.98. The average Bonchev–Trinajstić information content (AvgIpc) is 2.61. The molecule has 2 aliphatic rings. The second kappa shape index (κ2) is 8.71. The Morgan fingerprint density at radius 3 is 1.69 bits per heavy atom. The molecule has 0 saturated carbocycles. The van der Waals surface area contributed by atoms with Crippen LogP contribution in [0.3, 0.4) is 0 Å². The van der Waals surface area contributed by atoms with Crippen LogP contribution in [-0.2, 0) is 14.2 Å². The van der Waals surface area contributed by atoms with E-state index in [9.17, 15) is 30.6 Å². The third-order valence-corrected chi connectivity index (χ3v) is 4.24. The Bertz CT molecular complexity index is 491. The lowest BCUT2D eigenvalue weighted by Crippen LogP contribution is -2.63. The van der Waals surface area contributed by atoms with Gasteiger partial charge in [0.1, 0.15) is 48.8 Å². The van der Waals surface area contributed by atoms with Gasteiger partial charge >= 0.3 is 0 Å². The molecule has 0 bridgehead atoms. The van der Waals surface area contributed by atoms with E-state index in [0.29, 0.717) is 0 Å². The minimum atomic E-state index is -1.73. The predicted octanol–water partition coefficient (Wildman–Crippen LogP) is -6.12. The van der Waals surface area contributed by atoms with Crippen LogP contribution in [0, 0.1) is 0 Å².